The zero-order chi connectivity index (χ0) is 25.3. The predicted molar refractivity (Wildman–Crippen MR) is 133 cm³/mol. The van der Waals surface area contributed by atoms with Crippen molar-refractivity contribution in [3.8, 4) is 17.2 Å². The molecule has 0 saturated carbocycles. The van der Waals surface area contributed by atoms with Gasteiger partial charge in [0.15, 0.2) is 11.5 Å². The lowest BCUT2D eigenvalue weighted by atomic mass is 9.87. The molecule has 0 aliphatic carbocycles. The van der Waals surface area contributed by atoms with E-state index in [-0.39, 0.29) is 22.7 Å². The summed E-state index contributed by atoms with van der Waals surface area (Å²) in [6.45, 7) is 5.36. The minimum absolute atomic E-state index is 0.0421. The first kappa shape index (κ1) is 26.6. The number of rotatable bonds is 14. The van der Waals surface area contributed by atoms with Gasteiger partial charge in [0.25, 0.3) is 5.16 Å². The highest BCUT2D eigenvalue weighted by Crippen LogP contribution is 2.31. The molecule has 0 saturated heterocycles. The lowest BCUT2D eigenvalue weighted by molar-refractivity contribution is 0.170. The van der Waals surface area contributed by atoms with Crippen LogP contribution in [0.15, 0.2) is 53.7 Å². The lowest BCUT2D eigenvalue weighted by Crippen LogP contribution is -2.20. The zero-order valence-electron chi connectivity index (χ0n) is 20.8. The molecule has 1 heterocycles. The lowest BCUT2D eigenvalue weighted by Gasteiger charge is -2.21. The third-order valence-electron chi connectivity index (χ3n) is 5.90. The molecule has 0 aliphatic rings. The maximum Gasteiger partial charge on any atom is 0.272 e. The monoisotopic (exact) mass is 502 g/mol. The van der Waals surface area contributed by atoms with Crippen LogP contribution in [0.5, 0.6) is 11.5 Å². The fraction of sp³-hybridized carbons (Fsp3) is 0.480. The Morgan fingerprint density at radius 2 is 1.77 bits per heavy atom. The summed E-state index contributed by atoms with van der Waals surface area (Å²) in [7, 11) is -0.407. The van der Waals surface area contributed by atoms with Crippen LogP contribution in [0.2, 0.25) is 0 Å². The molecule has 0 fully saturated rings. The van der Waals surface area contributed by atoms with Gasteiger partial charge in [-0.2, -0.15) is 4.68 Å². The van der Waals surface area contributed by atoms with Crippen molar-refractivity contribution < 1.29 is 22.6 Å². The molecular formula is C25H34N4O5S. The van der Waals surface area contributed by atoms with Crippen molar-refractivity contribution in [2.45, 2.75) is 38.3 Å². The normalized spacial score (nSPS) is 12.6. The highest BCUT2D eigenvalue weighted by Gasteiger charge is 2.26. The number of aromatic nitrogens is 4. The Balaban J connectivity index is 1.71. The van der Waals surface area contributed by atoms with E-state index in [0.717, 1.165) is 18.4 Å². The van der Waals surface area contributed by atoms with Crippen molar-refractivity contribution in [1.82, 2.24) is 20.2 Å². The number of methoxy groups -OCH3 is 2. The second kappa shape index (κ2) is 12.6. The highest BCUT2D eigenvalue weighted by molar-refractivity contribution is 7.91. The summed E-state index contributed by atoms with van der Waals surface area (Å²) in [6, 6.07) is 14.9. The van der Waals surface area contributed by atoms with Crippen molar-refractivity contribution >= 4 is 9.84 Å². The Morgan fingerprint density at radius 1 is 1.00 bits per heavy atom. The first-order valence-electron chi connectivity index (χ1n) is 11.7. The van der Waals surface area contributed by atoms with Crippen molar-refractivity contribution in [2.24, 2.45) is 11.8 Å². The van der Waals surface area contributed by atoms with Crippen LogP contribution >= 0.6 is 0 Å². The molecule has 0 unspecified atom stereocenters. The summed E-state index contributed by atoms with van der Waals surface area (Å²) in [6.07, 6.45) is 1.98. The summed E-state index contributed by atoms with van der Waals surface area (Å²) in [5.41, 5.74) is 1.67. The van der Waals surface area contributed by atoms with Gasteiger partial charge < -0.3 is 14.2 Å². The van der Waals surface area contributed by atoms with Gasteiger partial charge in [0.1, 0.15) is 0 Å². The quantitative estimate of drug-likeness (QED) is 0.307. The number of sulfone groups is 1. The van der Waals surface area contributed by atoms with Crippen LogP contribution in [0.25, 0.3) is 5.69 Å². The maximum absolute atomic E-state index is 13.2. The number of tetrazole rings is 1. The second-order valence-electron chi connectivity index (χ2n) is 8.70. The van der Waals surface area contributed by atoms with Gasteiger partial charge in [0.05, 0.1) is 25.2 Å². The fourth-order valence-electron chi connectivity index (χ4n) is 3.82. The fourth-order valence-corrected chi connectivity index (χ4v) is 5.18. The molecule has 35 heavy (non-hydrogen) atoms. The van der Waals surface area contributed by atoms with Gasteiger partial charge in [-0.25, -0.2) is 8.42 Å². The van der Waals surface area contributed by atoms with Crippen LogP contribution in [0.4, 0.5) is 0 Å². The van der Waals surface area contributed by atoms with E-state index in [0.29, 0.717) is 36.8 Å². The van der Waals surface area contributed by atoms with E-state index in [2.05, 4.69) is 29.4 Å². The largest absolute Gasteiger partial charge is 0.493 e. The number of para-hydroxylation sites is 1. The molecule has 2 aromatic carbocycles. The third-order valence-corrected chi connectivity index (χ3v) is 7.48. The minimum Gasteiger partial charge on any atom is -0.493 e. The van der Waals surface area contributed by atoms with Crippen LogP contribution in [0, 0.1) is 11.8 Å². The average molecular weight is 503 g/mol. The van der Waals surface area contributed by atoms with Gasteiger partial charge in [-0.3, -0.25) is 0 Å². The van der Waals surface area contributed by atoms with E-state index in [9.17, 15) is 8.42 Å². The Bertz CT molecular complexity index is 1170. The van der Waals surface area contributed by atoms with E-state index in [1.165, 1.54) is 4.68 Å². The predicted octanol–water partition coefficient (Wildman–Crippen LogP) is 3.76. The average Bonchev–Trinajstić information content (AvgIpc) is 3.36. The van der Waals surface area contributed by atoms with Gasteiger partial charge in [0.2, 0.25) is 9.84 Å². The van der Waals surface area contributed by atoms with Gasteiger partial charge in [-0.15, -0.1) is 0 Å². The Labute approximate surface area is 207 Å². The van der Waals surface area contributed by atoms with Crippen LogP contribution in [0.1, 0.15) is 32.3 Å². The highest BCUT2D eigenvalue weighted by atomic mass is 32.2. The van der Waals surface area contributed by atoms with E-state index in [1.54, 1.807) is 26.4 Å². The smallest absolute Gasteiger partial charge is 0.272 e. The van der Waals surface area contributed by atoms with Crippen LogP contribution in [-0.4, -0.2) is 61.8 Å². The Morgan fingerprint density at radius 3 is 2.46 bits per heavy atom. The number of hydrogen-bond donors (Lipinski definition) is 0. The Hall–Kier alpha value is -2.98. The molecule has 190 valence electrons. The summed E-state index contributed by atoms with van der Waals surface area (Å²) >= 11 is 0. The molecule has 0 radical (unpaired) electrons. The van der Waals surface area contributed by atoms with E-state index in [4.69, 9.17) is 14.2 Å². The van der Waals surface area contributed by atoms with Crippen molar-refractivity contribution in [1.29, 1.82) is 0 Å². The minimum atomic E-state index is -3.68. The molecule has 0 aliphatic heterocycles. The summed E-state index contributed by atoms with van der Waals surface area (Å²) < 4.78 is 44.0. The van der Waals surface area contributed by atoms with E-state index in [1.807, 2.05) is 36.4 Å². The standard InChI is InChI=1S/C25H34N4O5S/c1-19(2)21(17-20-11-12-23(33-4)24(18-20)34-15-8-14-32-3)13-16-35(30,31)25-26-27-28-29(25)22-9-6-5-7-10-22/h5-7,9-12,18-19,21H,8,13-17H2,1-4H3/t21-/m0/s1. The van der Waals surface area contributed by atoms with Crippen molar-refractivity contribution in [3.05, 3.63) is 54.1 Å². The molecular weight excluding hydrogens is 468 g/mol. The van der Waals surface area contributed by atoms with Gasteiger partial charge >= 0.3 is 0 Å². The summed E-state index contributed by atoms with van der Waals surface area (Å²) in [5.74, 6) is 1.73. The molecule has 1 aromatic heterocycles. The molecule has 3 aromatic rings. The Kier molecular flexibility index (Phi) is 9.62. The van der Waals surface area contributed by atoms with E-state index < -0.39 is 9.84 Å². The number of hydrogen-bond acceptors (Lipinski definition) is 8. The molecule has 1 atom stereocenters. The third kappa shape index (κ3) is 7.25. The number of benzene rings is 2. The second-order valence-corrected chi connectivity index (χ2v) is 10.7. The van der Waals surface area contributed by atoms with Crippen LogP contribution in [-0.2, 0) is 21.0 Å². The number of ether oxygens (including phenoxy) is 3. The summed E-state index contributed by atoms with van der Waals surface area (Å²) in [4.78, 5) is 0. The topological polar surface area (TPSA) is 105 Å². The summed E-state index contributed by atoms with van der Waals surface area (Å²) in [5, 5.41) is 11.2. The molecule has 0 N–H and O–H groups in total. The van der Waals surface area contributed by atoms with Gasteiger partial charge in [-0.05, 0) is 64.9 Å². The SMILES string of the molecule is COCCCOc1cc(C[C@H](CCS(=O)(=O)c2nnnn2-c2ccccc2)C(C)C)ccc1OC. The maximum atomic E-state index is 13.2. The van der Waals surface area contributed by atoms with E-state index >= 15 is 0 Å². The van der Waals surface area contributed by atoms with Gasteiger partial charge in [0, 0.05) is 20.1 Å². The first-order chi connectivity index (χ1) is 16.9. The van der Waals surface area contributed by atoms with Crippen molar-refractivity contribution in [2.75, 3.05) is 33.2 Å². The number of nitrogens with zero attached hydrogens (tertiary/aromatic N) is 4. The molecule has 3 rings (SSSR count). The van der Waals surface area contributed by atoms with Gasteiger partial charge in [-0.1, -0.05) is 43.2 Å². The molecule has 0 bridgehead atoms. The zero-order valence-corrected chi connectivity index (χ0v) is 21.6. The molecule has 9 nitrogen and oxygen atoms in total. The molecule has 10 heteroatoms. The van der Waals surface area contributed by atoms with Crippen LogP contribution in [0.3, 0.4) is 0 Å². The molecule has 0 amide bonds. The van der Waals surface area contributed by atoms with Crippen LogP contribution < -0.4 is 9.47 Å². The first-order valence-corrected chi connectivity index (χ1v) is 13.4. The van der Waals surface area contributed by atoms with Crippen molar-refractivity contribution in [3.63, 3.8) is 0 Å². The molecule has 0 spiro atoms.